The maximum Gasteiger partial charge on any atom is 0.277 e. The van der Waals surface area contributed by atoms with Crippen LogP contribution in [0.5, 0.6) is 5.75 Å². The summed E-state index contributed by atoms with van der Waals surface area (Å²) in [5, 5.41) is 0. The number of fused-ring (bicyclic) bond motifs is 1. The topological polar surface area (TPSA) is 46.8 Å². The molecule has 0 unspecified atom stereocenters. The van der Waals surface area contributed by atoms with Crippen LogP contribution >= 0.6 is 0 Å². The number of carbonyl (C=O) groups is 1. The Bertz CT molecular complexity index is 965. The molecular weight excluding hydrogens is 333 g/mol. The van der Waals surface area contributed by atoms with Crippen LogP contribution < -0.4 is 4.74 Å². The Balaban J connectivity index is 1.95. The number of hydrogen-bond acceptors (Lipinski definition) is 3. The van der Waals surface area contributed by atoms with E-state index in [-0.39, 0.29) is 12.2 Å². The van der Waals surface area contributed by atoms with E-state index in [4.69, 9.17) is 4.74 Å². The minimum atomic E-state index is -0.650. The van der Waals surface area contributed by atoms with Crippen molar-refractivity contribution in [2.45, 2.75) is 13.5 Å². The molecule has 0 saturated carbocycles. The van der Waals surface area contributed by atoms with Crippen molar-refractivity contribution in [1.29, 1.82) is 0 Å². The van der Waals surface area contributed by atoms with E-state index in [0.717, 1.165) is 5.56 Å². The zero-order valence-corrected chi connectivity index (χ0v) is 14.8. The number of methoxy groups -OCH3 is 1. The summed E-state index contributed by atoms with van der Waals surface area (Å²) in [6.07, 6.45) is 1.61. The molecule has 1 aromatic carbocycles. The fourth-order valence-corrected chi connectivity index (χ4v) is 2.86. The van der Waals surface area contributed by atoms with Crippen LogP contribution in [0, 0.1) is 12.9 Å². The number of rotatable bonds is 6. The first-order chi connectivity index (χ1) is 12.5. The number of nitrogens with zero attached hydrogens (tertiary/aromatic N) is 3. The van der Waals surface area contributed by atoms with Gasteiger partial charge in [0.15, 0.2) is 5.69 Å². The molecule has 1 amide bonds. The van der Waals surface area contributed by atoms with Gasteiger partial charge in [-0.25, -0.2) is 4.98 Å². The predicted octanol–water partition coefficient (Wildman–Crippen LogP) is 3.62. The minimum Gasteiger partial charge on any atom is -0.497 e. The average Bonchev–Trinajstić information content (AvgIpc) is 2.99. The summed E-state index contributed by atoms with van der Waals surface area (Å²) in [5.74, 6) is -0.431. The molecule has 0 aliphatic carbocycles. The monoisotopic (exact) mass is 353 g/mol. The fraction of sp³-hybridized carbons (Fsp3) is 0.200. The fourth-order valence-electron chi connectivity index (χ4n) is 2.86. The van der Waals surface area contributed by atoms with E-state index in [1.54, 1.807) is 38.3 Å². The molecule has 0 aliphatic rings. The summed E-state index contributed by atoms with van der Waals surface area (Å²) < 4.78 is 21.4. The number of ether oxygens (including phenoxy) is 1. The lowest BCUT2D eigenvalue weighted by Crippen LogP contribution is -2.31. The van der Waals surface area contributed by atoms with Crippen molar-refractivity contribution < 1.29 is 13.9 Å². The second kappa shape index (κ2) is 7.39. The predicted molar refractivity (Wildman–Crippen MR) is 97.8 cm³/mol. The number of carbonyl (C=O) groups excluding carboxylic acids is 1. The smallest absolute Gasteiger partial charge is 0.277 e. The van der Waals surface area contributed by atoms with Gasteiger partial charge >= 0.3 is 0 Å². The Kier molecular flexibility index (Phi) is 5.02. The molecule has 3 rings (SSSR count). The molecule has 0 N–H and O–H groups in total. The third kappa shape index (κ3) is 3.31. The van der Waals surface area contributed by atoms with Gasteiger partial charge in [0.2, 0.25) is 5.95 Å². The van der Waals surface area contributed by atoms with Gasteiger partial charge in [-0.1, -0.05) is 24.3 Å². The van der Waals surface area contributed by atoms with E-state index in [1.165, 1.54) is 9.30 Å². The van der Waals surface area contributed by atoms with Crippen LogP contribution in [0.3, 0.4) is 0 Å². The van der Waals surface area contributed by atoms with Gasteiger partial charge in [0.1, 0.15) is 11.4 Å². The van der Waals surface area contributed by atoms with E-state index in [9.17, 15) is 9.18 Å². The highest BCUT2D eigenvalue weighted by atomic mass is 19.1. The number of hydrogen-bond donors (Lipinski definition) is 0. The van der Waals surface area contributed by atoms with Crippen LogP contribution in [0.4, 0.5) is 4.39 Å². The second-order valence-corrected chi connectivity index (χ2v) is 5.94. The number of aryl methyl sites for hydroxylation is 1. The van der Waals surface area contributed by atoms with Gasteiger partial charge in [-0.2, -0.15) is 4.39 Å². The number of imidazole rings is 1. The first kappa shape index (κ1) is 17.7. The van der Waals surface area contributed by atoms with Crippen LogP contribution in [0.15, 0.2) is 55.1 Å². The molecule has 0 fully saturated rings. The molecule has 2 aromatic heterocycles. The van der Waals surface area contributed by atoms with Gasteiger partial charge in [-0.05, 0) is 36.8 Å². The number of halogens is 1. The van der Waals surface area contributed by atoms with E-state index >= 15 is 0 Å². The molecule has 134 valence electrons. The molecule has 5 nitrogen and oxygen atoms in total. The number of aromatic nitrogens is 2. The summed E-state index contributed by atoms with van der Waals surface area (Å²) in [4.78, 5) is 18.6. The molecular formula is C20H20FN3O2. The van der Waals surface area contributed by atoms with Crippen molar-refractivity contribution in [3.8, 4) is 5.75 Å². The lowest BCUT2D eigenvalue weighted by molar-refractivity contribution is 0.0752. The van der Waals surface area contributed by atoms with Crippen molar-refractivity contribution >= 4 is 11.6 Å². The van der Waals surface area contributed by atoms with E-state index in [1.807, 2.05) is 24.3 Å². The zero-order valence-electron chi connectivity index (χ0n) is 14.8. The van der Waals surface area contributed by atoms with Gasteiger partial charge in [-0.3, -0.25) is 9.20 Å². The Morgan fingerprint density at radius 2 is 2.12 bits per heavy atom. The molecule has 0 saturated heterocycles. The van der Waals surface area contributed by atoms with Crippen molar-refractivity contribution in [3.05, 3.63) is 78.0 Å². The molecule has 0 spiro atoms. The standard InChI is InChI=1S/C20H20FN3O2/c1-4-11-23(13-15-8-6-9-16(12-15)26-3)20(25)18-19(21)24-14(2)7-5-10-17(24)22-18/h4-10,12H,1,11,13H2,2-3H3. The van der Waals surface area contributed by atoms with Crippen LogP contribution in [0.1, 0.15) is 21.7 Å². The van der Waals surface area contributed by atoms with Gasteiger partial charge in [0.05, 0.1) is 7.11 Å². The molecule has 2 heterocycles. The van der Waals surface area contributed by atoms with E-state index in [0.29, 0.717) is 23.6 Å². The van der Waals surface area contributed by atoms with Crippen LogP contribution in [0.2, 0.25) is 0 Å². The van der Waals surface area contributed by atoms with Crippen molar-refractivity contribution in [2.75, 3.05) is 13.7 Å². The minimum absolute atomic E-state index is 0.191. The summed E-state index contributed by atoms with van der Waals surface area (Å²) in [6, 6.07) is 12.6. The molecule has 26 heavy (non-hydrogen) atoms. The molecule has 3 aromatic rings. The molecule has 0 aliphatic heterocycles. The van der Waals surface area contributed by atoms with E-state index < -0.39 is 11.9 Å². The highest BCUT2D eigenvalue weighted by Gasteiger charge is 2.24. The lowest BCUT2D eigenvalue weighted by Gasteiger charge is -2.20. The zero-order chi connectivity index (χ0) is 18.7. The largest absolute Gasteiger partial charge is 0.497 e. The normalized spacial score (nSPS) is 10.7. The van der Waals surface area contributed by atoms with Crippen molar-refractivity contribution in [1.82, 2.24) is 14.3 Å². The van der Waals surface area contributed by atoms with Gasteiger partial charge < -0.3 is 9.64 Å². The first-order valence-corrected chi connectivity index (χ1v) is 8.22. The van der Waals surface area contributed by atoms with Gasteiger partial charge in [0, 0.05) is 18.8 Å². The van der Waals surface area contributed by atoms with Crippen molar-refractivity contribution in [2.24, 2.45) is 0 Å². The number of amides is 1. The lowest BCUT2D eigenvalue weighted by atomic mass is 10.2. The SMILES string of the molecule is C=CCN(Cc1cccc(OC)c1)C(=O)c1nc2cccc(C)n2c1F. The number of benzene rings is 1. The first-order valence-electron chi connectivity index (χ1n) is 8.22. The van der Waals surface area contributed by atoms with Crippen molar-refractivity contribution in [3.63, 3.8) is 0 Å². The molecule has 0 bridgehead atoms. The van der Waals surface area contributed by atoms with Crippen LogP contribution in [-0.4, -0.2) is 33.8 Å². The Morgan fingerprint density at radius 3 is 2.81 bits per heavy atom. The summed E-state index contributed by atoms with van der Waals surface area (Å²) in [6.45, 7) is 6.04. The third-order valence-corrected chi connectivity index (χ3v) is 4.13. The maximum absolute atomic E-state index is 14.8. The summed E-state index contributed by atoms with van der Waals surface area (Å²) >= 11 is 0. The molecule has 0 atom stereocenters. The Labute approximate surface area is 151 Å². The highest BCUT2D eigenvalue weighted by molar-refractivity contribution is 5.93. The Hall–Kier alpha value is -3.15. The van der Waals surface area contributed by atoms with Crippen LogP contribution in [0.25, 0.3) is 5.65 Å². The average molecular weight is 353 g/mol. The van der Waals surface area contributed by atoms with E-state index in [2.05, 4.69) is 11.6 Å². The van der Waals surface area contributed by atoms with Crippen LogP contribution in [-0.2, 0) is 6.54 Å². The van der Waals surface area contributed by atoms with Gasteiger partial charge in [-0.15, -0.1) is 6.58 Å². The highest BCUT2D eigenvalue weighted by Crippen LogP contribution is 2.19. The maximum atomic E-state index is 14.8. The van der Waals surface area contributed by atoms with Gasteiger partial charge in [0.25, 0.3) is 5.91 Å². The molecule has 6 heteroatoms. The third-order valence-electron chi connectivity index (χ3n) is 4.13. The molecule has 0 radical (unpaired) electrons. The number of pyridine rings is 1. The summed E-state index contributed by atoms with van der Waals surface area (Å²) in [5.41, 5.74) is 1.77. The second-order valence-electron chi connectivity index (χ2n) is 5.94. The summed E-state index contributed by atoms with van der Waals surface area (Å²) in [7, 11) is 1.58. The Morgan fingerprint density at radius 1 is 1.35 bits per heavy atom. The quantitative estimate of drug-likeness (QED) is 0.636.